The minimum atomic E-state index is 0.569. The lowest BCUT2D eigenvalue weighted by Gasteiger charge is -1.92. The number of nitrogens with zero attached hydrogens (tertiary/aromatic N) is 4. The average Bonchev–Trinajstić information content (AvgIpc) is 2.40. The van der Waals surface area contributed by atoms with Crippen molar-refractivity contribution in [3.63, 3.8) is 0 Å². The molecule has 0 aliphatic heterocycles. The molecule has 0 aromatic carbocycles. The van der Waals surface area contributed by atoms with Gasteiger partial charge >= 0.3 is 0 Å². The van der Waals surface area contributed by atoms with Crippen molar-refractivity contribution in [2.75, 3.05) is 0 Å². The molecule has 1 heterocycles. The highest BCUT2D eigenvalue weighted by atomic mass is 15.4. The molecular formula is C5H9N5. The van der Waals surface area contributed by atoms with E-state index in [4.69, 9.17) is 5.73 Å². The van der Waals surface area contributed by atoms with E-state index < -0.39 is 0 Å². The molecule has 0 bridgehead atoms. The third-order valence-corrected chi connectivity index (χ3v) is 1.01. The van der Waals surface area contributed by atoms with Gasteiger partial charge in [0.1, 0.15) is 18.5 Å². The number of nitrogens with two attached hydrogens (primary N) is 1. The van der Waals surface area contributed by atoms with Crippen LogP contribution in [0.5, 0.6) is 0 Å². The first-order valence-corrected chi connectivity index (χ1v) is 3.01. The summed E-state index contributed by atoms with van der Waals surface area (Å²) in [6.07, 6.45) is 3.71. The Kier molecular flexibility index (Phi) is 1.99. The summed E-state index contributed by atoms with van der Waals surface area (Å²) in [6.45, 7) is 1.93. The van der Waals surface area contributed by atoms with Crippen LogP contribution >= 0.6 is 0 Å². The molecular weight excluding hydrogens is 130 g/mol. The van der Waals surface area contributed by atoms with E-state index >= 15 is 0 Å². The molecule has 0 aliphatic carbocycles. The first kappa shape index (κ1) is 6.73. The summed E-state index contributed by atoms with van der Waals surface area (Å²) in [5.74, 6) is 0.569. The average molecular weight is 139 g/mol. The predicted octanol–water partition coefficient (Wildman–Crippen LogP) is -0.192. The van der Waals surface area contributed by atoms with Crippen LogP contribution in [0.15, 0.2) is 17.8 Å². The van der Waals surface area contributed by atoms with E-state index in [0.717, 1.165) is 6.42 Å². The minimum Gasteiger partial charge on any atom is -0.386 e. The zero-order valence-electron chi connectivity index (χ0n) is 5.73. The quantitative estimate of drug-likeness (QED) is 0.456. The Morgan fingerprint density at radius 3 is 2.70 bits per heavy atom. The summed E-state index contributed by atoms with van der Waals surface area (Å²) in [5.41, 5.74) is 5.44. The lowest BCUT2D eigenvalue weighted by Crippen LogP contribution is -2.11. The standard InChI is InChI=1S/C5H9N5/c1-2-5(6)9-10-3-7-8-4-10/h3-4H,2H2,1H3,(H2,6,9). The van der Waals surface area contributed by atoms with Gasteiger partial charge in [0.05, 0.1) is 0 Å². The number of amidine groups is 1. The fourth-order valence-electron chi connectivity index (χ4n) is 0.466. The Morgan fingerprint density at radius 1 is 1.60 bits per heavy atom. The highest BCUT2D eigenvalue weighted by molar-refractivity contribution is 5.79. The molecule has 54 valence electrons. The summed E-state index contributed by atoms with van der Waals surface area (Å²) in [5, 5.41) is 11.0. The molecule has 1 aromatic rings. The van der Waals surface area contributed by atoms with Crippen LogP contribution in [0, 0.1) is 0 Å². The zero-order chi connectivity index (χ0) is 7.40. The van der Waals surface area contributed by atoms with Gasteiger partial charge in [0, 0.05) is 6.42 Å². The van der Waals surface area contributed by atoms with Crippen molar-refractivity contribution in [3.05, 3.63) is 12.7 Å². The molecule has 1 rings (SSSR count). The van der Waals surface area contributed by atoms with Crippen molar-refractivity contribution in [2.24, 2.45) is 10.8 Å². The van der Waals surface area contributed by atoms with Gasteiger partial charge in [0.15, 0.2) is 0 Å². The Balaban J connectivity index is 2.71. The smallest absolute Gasteiger partial charge is 0.141 e. The van der Waals surface area contributed by atoms with Crippen LogP contribution in [0.4, 0.5) is 0 Å². The molecule has 0 unspecified atom stereocenters. The maximum Gasteiger partial charge on any atom is 0.141 e. The zero-order valence-corrected chi connectivity index (χ0v) is 5.73. The van der Waals surface area contributed by atoms with E-state index in [-0.39, 0.29) is 0 Å². The van der Waals surface area contributed by atoms with Gasteiger partial charge in [0.2, 0.25) is 0 Å². The lowest BCUT2D eigenvalue weighted by atomic mass is 10.5. The first-order valence-electron chi connectivity index (χ1n) is 3.01. The fraction of sp³-hybridized carbons (Fsp3) is 0.400. The van der Waals surface area contributed by atoms with Gasteiger partial charge in [-0.1, -0.05) is 6.92 Å². The summed E-state index contributed by atoms with van der Waals surface area (Å²) >= 11 is 0. The predicted molar refractivity (Wildman–Crippen MR) is 37.3 cm³/mol. The summed E-state index contributed by atoms with van der Waals surface area (Å²) in [7, 11) is 0. The molecule has 2 N–H and O–H groups in total. The van der Waals surface area contributed by atoms with Gasteiger partial charge < -0.3 is 5.73 Å². The second kappa shape index (κ2) is 2.95. The Labute approximate surface area is 58.6 Å². The van der Waals surface area contributed by atoms with Crippen LogP contribution in [0.1, 0.15) is 13.3 Å². The van der Waals surface area contributed by atoms with Gasteiger partial charge in [0.25, 0.3) is 0 Å². The van der Waals surface area contributed by atoms with Crippen LogP contribution in [0.3, 0.4) is 0 Å². The molecule has 0 amide bonds. The molecule has 0 fully saturated rings. The monoisotopic (exact) mass is 139 g/mol. The minimum absolute atomic E-state index is 0.569. The van der Waals surface area contributed by atoms with E-state index in [1.807, 2.05) is 6.92 Å². The molecule has 1 aromatic heterocycles. The first-order chi connectivity index (χ1) is 4.83. The maximum absolute atomic E-state index is 5.44. The largest absolute Gasteiger partial charge is 0.386 e. The molecule has 0 atom stereocenters. The summed E-state index contributed by atoms with van der Waals surface area (Å²) in [4.78, 5) is 0. The highest BCUT2D eigenvalue weighted by Crippen LogP contribution is 1.82. The normalized spacial score (nSPS) is 11.9. The number of aromatic nitrogens is 3. The second-order valence-electron chi connectivity index (χ2n) is 1.79. The van der Waals surface area contributed by atoms with Crippen LogP contribution in [-0.4, -0.2) is 20.7 Å². The van der Waals surface area contributed by atoms with E-state index in [0.29, 0.717) is 5.84 Å². The molecule has 0 spiro atoms. The van der Waals surface area contributed by atoms with Crippen molar-refractivity contribution in [2.45, 2.75) is 13.3 Å². The molecule has 5 nitrogen and oxygen atoms in total. The Hall–Kier alpha value is -1.39. The highest BCUT2D eigenvalue weighted by Gasteiger charge is 1.87. The van der Waals surface area contributed by atoms with E-state index in [9.17, 15) is 0 Å². The molecule has 0 radical (unpaired) electrons. The lowest BCUT2D eigenvalue weighted by molar-refractivity contribution is 0.860. The molecule has 0 saturated carbocycles. The molecule has 0 aliphatic rings. The number of rotatable bonds is 2. The van der Waals surface area contributed by atoms with Crippen LogP contribution in [0.25, 0.3) is 0 Å². The third kappa shape index (κ3) is 1.54. The van der Waals surface area contributed by atoms with Gasteiger partial charge in [-0.2, -0.15) is 5.10 Å². The SMILES string of the molecule is CC/C(N)=N/n1cnnc1. The molecule has 10 heavy (non-hydrogen) atoms. The summed E-state index contributed by atoms with van der Waals surface area (Å²) < 4.78 is 1.47. The molecule has 0 saturated heterocycles. The maximum atomic E-state index is 5.44. The Morgan fingerprint density at radius 2 is 2.20 bits per heavy atom. The van der Waals surface area contributed by atoms with Crippen LogP contribution < -0.4 is 5.73 Å². The third-order valence-electron chi connectivity index (χ3n) is 1.01. The number of hydrogen-bond acceptors (Lipinski definition) is 3. The fourth-order valence-corrected chi connectivity index (χ4v) is 0.466. The topological polar surface area (TPSA) is 69.1 Å². The van der Waals surface area contributed by atoms with Crippen molar-refractivity contribution in [1.82, 2.24) is 14.9 Å². The van der Waals surface area contributed by atoms with Crippen molar-refractivity contribution < 1.29 is 0 Å². The van der Waals surface area contributed by atoms with Crippen molar-refractivity contribution in [1.29, 1.82) is 0 Å². The van der Waals surface area contributed by atoms with E-state index in [1.165, 1.54) is 17.3 Å². The molecule has 5 heteroatoms. The van der Waals surface area contributed by atoms with Crippen LogP contribution in [0.2, 0.25) is 0 Å². The van der Waals surface area contributed by atoms with E-state index in [1.54, 1.807) is 0 Å². The summed E-state index contributed by atoms with van der Waals surface area (Å²) in [6, 6.07) is 0. The van der Waals surface area contributed by atoms with Crippen molar-refractivity contribution in [3.8, 4) is 0 Å². The van der Waals surface area contributed by atoms with Crippen LogP contribution in [-0.2, 0) is 0 Å². The van der Waals surface area contributed by atoms with Crippen molar-refractivity contribution >= 4 is 5.84 Å². The number of hydrogen-bond donors (Lipinski definition) is 1. The van der Waals surface area contributed by atoms with E-state index in [2.05, 4.69) is 15.3 Å². The van der Waals surface area contributed by atoms with Gasteiger partial charge in [-0.3, -0.25) is 0 Å². The van der Waals surface area contributed by atoms with Gasteiger partial charge in [-0.15, -0.1) is 10.2 Å². The van der Waals surface area contributed by atoms with Gasteiger partial charge in [-0.05, 0) is 0 Å². The van der Waals surface area contributed by atoms with Gasteiger partial charge in [-0.25, -0.2) is 4.68 Å². The second-order valence-corrected chi connectivity index (χ2v) is 1.79. The Bertz CT molecular complexity index is 212.